The lowest BCUT2D eigenvalue weighted by atomic mass is 10.0. The van der Waals surface area contributed by atoms with Gasteiger partial charge in [0.1, 0.15) is 6.10 Å². The second kappa shape index (κ2) is 3.33. The first-order chi connectivity index (χ1) is 6.70. The molecule has 1 aromatic rings. The molecule has 2 atom stereocenters. The van der Waals surface area contributed by atoms with Crippen molar-refractivity contribution in [2.45, 2.75) is 19.1 Å². The van der Waals surface area contributed by atoms with E-state index in [1.807, 2.05) is 37.3 Å². The second-order valence-corrected chi connectivity index (χ2v) is 3.57. The van der Waals surface area contributed by atoms with Gasteiger partial charge in [-0.1, -0.05) is 30.3 Å². The van der Waals surface area contributed by atoms with E-state index in [2.05, 4.69) is 0 Å². The molecule has 0 N–H and O–H groups in total. The zero-order valence-electron chi connectivity index (χ0n) is 8.31. The predicted octanol–water partition coefficient (Wildman–Crippen LogP) is 2.20. The van der Waals surface area contributed by atoms with Gasteiger partial charge in [-0.2, -0.15) is 0 Å². The third kappa shape index (κ3) is 1.35. The number of likely N-dealkylation sites (N-methyl/N-ethyl adjacent to an activating group) is 1. The Morgan fingerprint density at radius 1 is 1.29 bits per heavy atom. The second-order valence-electron chi connectivity index (χ2n) is 3.57. The number of carbonyl (C=O) groups excluding carboxylic acids is 1. The van der Waals surface area contributed by atoms with Crippen LogP contribution in [0.25, 0.3) is 0 Å². The van der Waals surface area contributed by atoms with Crippen LogP contribution in [0.1, 0.15) is 18.6 Å². The molecular weight excluding hydrogens is 178 g/mol. The van der Waals surface area contributed by atoms with Crippen molar-refractivity contribution in [2.75, 3.05) is 7.05 Å². The Hall–Kier alpha value is -1.51. The first-order valence-corrected chi connectivity index (χ1v) is 4.68. The molecular formula is C11H13NO2. The number of hydrogen-bond acceptors (Lipinski definition) is 2. The van der Waals surface area contributed by atoms with Crippen molar-refractivity contribution in [3.05, 3.63) is 35.9 Å². The Labute approximate surface area is 83.3 Å². The van der Waals surface area contributed by atoms with Gasteiger partial charge in [-0.15, -0.1) is 0 Å². The van der Waals surface area contributed by atoms with Gasteiger partial charge in [0.15, 0.2) is 0 Å². The van der Waals surface area contributed by atoms with E-state index in [1.165, 1.54) is 0 Å². The Morgan fingerprint density at radius 3 is 2.43 bits per heavy atom. The summed E-state index contributed by atoms with van der Waals surface area (Å²) in [5, 5.41) is 0. The zero-order chi connectivity index (χ0) is 10.1. The number of ether oxygens (including phenoxy) is 1. The molecule has 1 heterocycles. The van der Waals surface area contributed by atoms with Crippen LogP contribution in [0.4, 0.5) is 4.79 Å². The van der Waals surface area contributed by atoms with Gasteiger partial charge in [-0.25, -0.2) is 4.79 Å². The molecule has 1 amide bonds. The number of carbonyl (C=O) groups is 1. The van der Waals surface area contributed by atoms with E-state index in [-0.39, 0.29) is 18.2 Å². The number of cyclic esters (lactones) is 1. The van der Waals surface area contributed by atoms with Crippen molar-refractivity contribution < 1.29 is 9.53 Å². The highest BCUT2D eigenvalue weighted by Crippen LogP contribution is 2.30. The summed E-state index contributed by atoms with van der Waals surface area (Å²) in [6, 6.07) is 9.92. The fourth-order valence-electron chi connectivity index (χ4n) is 1.65. The SMILES string of the molecule is C[C@@H]1[C@@H](c2ccccc2)OC(=O)N1C. The molecule has 74 valence electrons. The lowest BCUT2D eigenvalue weighted by Gasteiger charge is -2.16. The van der Waals surface area contributed by atoms with Gasteiger partial charge in [0.05, 0.1) is 6.04 Å². The number of benzene rings is 1. The highest BCUT2D eigenvalue weighted by atomic mass is 16.6. The summed E-state index contributed by atoms with van der Waals surface area (Å²) in [6.45, 7) is 1.99. The molecule has 0 saturated carbocycles. The summed E-state index contributed by atoms with van der Waals surface area (Å²) in [5.41, 5.74) is 1.05. The number of hydrogen-bond donors (Lipinski definition) is 0. The fourth-order valence-corrected chi connectivity index (χ4v) is 1.65. The van der Waals surface area contributed by atoms with Crippen LogP contribution in [0, 0.1) is 0 Å². The maximum atomic E-state index is 11.3. The quantitative estimate of drug-likeness (QED) is 0.681. The summed E-state index contributed by atoms with van der Waals surface area (Å²) in [5.74, 6) is 0. The highest BCUT2D eigenvalue weighted by Gasteiger charge is 2.36. The Morgan fingerprint density at radius 2 is 1.93 bits per heavy atom. The van der Waals surface area contributed by atoms with Gasteiger partial charge in [0, 0.05) is 7.05 Å². The van der Waals surface area contributed by atoms with Gasteiger partial charge in [0.25, 0.3) is 0 Å². The summed E-state index contributed by atoms with van der Waals surface area (Å²) in [4.78, 5) is 12.9. The maximum Gasteiger partial charge on any atom is 0.410 e. The molecule has 0 aromatic heterocycles. The third-order valence-electron chi connectivity index (χ3n) is 2.69. The molecule has 0 spiro atoms. The van der Waals surface area contributed by atoms with Crippen LogP contribution in [0.15, 0.2) is 30.3 Å². The minimum atomic E-state index is -0.244. The van der Waals surface area contributed by atoms with Crippen molar-refractivity contribution in [3.8, 4) is 0 Å². The van der Waals surface area contributed by atoms with Crippen LogP contribution in [0.3, 0.4) is 0 Å². The molecule has 0 aliphatic carbocycles. The molecule has 1 aliphatic heterocycles. The van der Waals surface area contributed by atoms with E-state index < -0.39 is 0 Å². The van der Waals surface area contributed by atoms with Gasteiger partial charge < -0.3 is 9.64 Å². The summed E-state index contributed by atoms with van der Waals surface area (Å²) in [7, 11) is 1.76. The van der Waals surface area contributed by atoms with Crippen molar-refractivity contribution in [1.82, 2.24) is 4.90 Å². The molecule has 3 heteroatoms. The largest absolute Gasteiger partial charge is 0.439 e. The molecule has 0 unspecified atom stereocenters. The number of amides is 1. The van der Waals surface area contributed by atoms with Crippen molar-refractivity contribution in [1.29, 1.82) is 0 Å². The number of nitrogens with zero attached hydrogens (tertiary/aromatic N) is 1. The van der Waals surface area contributed by atoms with Gasteiger partial charge in [-0.05, 0) is 12.5 Å². The monoisotopic (exact) mass is 191 g/mol. The van der Waals surface area contributed by atoms with E-state index in [1.54, 1.807) is 11.9 Å². The Balaban J connectivity index is 2.26. The van der Waals surface area contributed by atoms with E-state index >= 15 is 0 Å². The van der Waals surface area contributed by atoms with Gasteiger partial charge in [-0.3, -0.25) is 0 Å². The van der Waals surface area contributed by atoms with E-state index in [0.717, 1.165) is 5.56 Å². The van der Waals surface area contributed by atoms with Crippen LogP contribution < -0.4 is 0 Å². The van der Waals surface area contributed by atoms with Crippen molar-refractivity contribution in [3.63, 3.8) is 0 Å². The average molecular weight is 191 g/mol. The standard InChI is InChI=1S/C11H13NO2/c1-8-10(14-11(13)12(8)2)9-6-4-3-5-7-9/h3-8,10H,1-2H3/t8-,10+/m1/s1. The first kappa shape index (κ1) is 9.06. The highest BCUT2D eigenvalue weighted by molar-refractivity contribution is 5.70. The molecule has 2 rings (SSSR count). The Bertz CT molecular complexity index is 336. The molecule has 14 heavy (non-hydrogen) atoms. The molecule has 1 saturated heterocycles. The van der Waals surface area contributed by atoms with Gasteiger partial charge in [0.2, 0.25) is 0 Å². The van der Waals surface area contributed by atoms with Crippen molar-refractivity contribution in [2.24, 2.45) is 0 Å². The zero-order valence-corrected chi connectivity index (χ0v) is 8.31. The molecule has 1 aliphatic rings. The molecule has 0 bridgehead atoms. The minimum Gasteiger partial charge on any atom is -0.439 e. The van der Waals surface area contributed by atoms with Crippen LogP contribution in [0.5, 0.6) is 0 Å². The van der Waals surface area contributed by atoms with E-state index in [4.69, 9.17) is 4.74 Å². The van der Waals surface area contributed by atoms with Crippen LogP contribution >= 0.6 is 0 Å². The summed E-state index contributed by atoms with van der Waals surface area (Å²) in [6.07, 6.45) is -0.375. The summed E-state index contributed by atoms with van der Waals surface area (Å²) < 4.78 is 5.26. The first-order valence-electron chi connectivity index (χ1n) is 4.68. The van der Waals surface area contributed by atoms with Crippen LogP contribution in [0.2, 0.25) is 0 Å². The van der Waals surface area contributed by atoms with E-state index in [9.17, 15) is 4.79 Å². The number of rotatable bonds is 1. The minimum absolute atomic E-state index is 0.102. The predicted molar refractivity (Wildman–Crippen MR) is 52.9 cm³/mol. The van der Waals surface area contributed by atoms with Crippen molar-refractivity contribution >= 4 is 6.09 Å². The molecule has 1 aromatic carbocycles. The maximum absolute atomic E-state index is 11.3. The van der Waals surface area contributed by atoms with Crippen LogP contribution in [-0.2, 0) is 4.74 Å². The fraction of sp³-hybridized carbons (Fsp3) is 0.364. The molecule has 1 fully saturated rings. The normalized spacial score (nSPS) is 26.4. The molecule has 3 nitrogen and oxygen atoms in total. The summed E-state index contributed by atoms with van der Waals surface area (Å²) >= 11 is 0. The van der Waals surface area contributed by atoms with Crippen LogP contribution in [-0.4, -0.2) is 24.1 Å². The molecule has 0 radical (unpaired) electrons. The average Bonchev–Trinajstić information content (AvgIpc) is 2.47. The lowest BCUT2D eigenvalue weighted by Crippen LogP contribution is -2.27. The smallest absolute Gasteiger partial charge is 0.410 e. The lowest BCUT2D eigenvalue weighted by molar-refractivity contribution is 0.131. The Kier molecular flexibility index (Phi) is 2.15. The van der Waals surface area contributed by atoms with Gasteiger partial charge >= 0.3 is 6.09 Å². The third-order valence-corrected chi connectivity index (χ3v) is 2.69. The van der Waals surface area contributed by atoms with E-state index in [0.29, 0.717) is 0 Å². The topological polar surface area (TPSA) is 29.5 Å².